The van der Waals surface area contributed by atoms with Gasteiger partial charge in [-0.05, 0) is 83.5 Å². The van der Waals surface area contributed by atoms with Crippen LogP contribution in [0.1, 0.15) is 335 Å². The van der Waals surface area contributed by atoms with E-state index in [-0.39, 0.29) is 38.2 Å². The van der Waals surface area contributed by atoms with E-state index in [9.17, 15) is 19.5 Å². The Kier molecular flexibility index (Phi) is 64.1. The van der Waals surface area contributed by atoms with Crippen LogP contribution in [0.15, 0.2) is 72.9 Å². The predicted octanol–water partition coefficient (Wildman–Crippen LogP) is 22.5. The second-order valence-electron chi connectivity index (χ2n) is 25.5. The maximum Gasteiger partial charge on any atom is 0.361 e. The lowest BCUT2D eigenvalue weighted by Gasteiger charge is -2.25. The molecule has 0 bridgehead atoms. The van der Waals surface area contributed by atoms with E-state index in [1.807, 2.05) is 21.1 Å². The van der Waals surface area contributed by atoms with Gasteiger partial charge in [-0.1, -0.05) is 311 Å². The van der Waals surface area contributed by atoms with Crippen molar-refractivity contribution in [2.75, 3.05) is 47.5 Å². The normalized spacial score (nSPS) is 13.1. The van der Waals surface area contributed by atoms with Crippen molar-refractivity contribution < 1.29 is 42.9 Å². The second-order valence-corrected chi connectivity index (χ2v) is 25.5. The zero-order chi connectivity index (χ0) is 61.9. The number of hydrogen-bond acceptors (Lipinski definition) is 7. The quantitative estimate of drug-likeness (QED) is 0.0211. The number of quaternary nitrogens is 1. The molecule has 0 rings (SSSR count). The van der Waals surface area contributed by atoms with Crippen LogP contribution in [0.25, 0.3) is 0 Å². The first-order chi connectivity index (χ1) is 41.6. The van der Waals surface area contributed by atoms with E-state index in [1.54, 1.807) is 0 Å². The van der Waals surface area contributed by atoms with E-state index in [4.69, 9.17) is 18.9 Å². The smallest absolute Gasteiger partial charge is 0.361 e. The van der Waals surface area contributed by atoms with Crippen LogP contribution in [0, 0.1) is 0 Å². The van der Waals surface area contributed by atoms with Crippen LogP contribution < -0.4 is 0 Å². The number of carbonyl (C=O) groups excluding carboxylic acids is 2. The van der Waals surface area contributed by atoms with Gasteiger partial charge in [0.25, 0.3) is 6.29 Å². The molecule has 0 saturated carbocycles. The summed E-state index contributed by atoms with van der Waals surface area (Å²) in [6.45, 7) is 4.80. The number of allylic oxidation sites excluding steroid dienone is 12. The molecule has 0 amide bonds. The van der Waals surface area contributed by atoms with Crippen molar-refractivity contribution in [3.8, 4) is 0 Å². The highest BCUT2D eigenvalue weighted by Gasteiger charge is 2.25. The van der Waals surface area contributed by atoms with Gasteiger partial charge >= 0.3 is 17.9 Å². The van der Waals surface area contributed by atoms with Crippen LogP contribution in [0.2, 0.25) is 0 Å². The van der Waals surface area contributed by atoms with Crippen LogP contribution in [-0.2, 0) is 33.3 Å². The summed E-state index contributed by atoms with van der Waals surface area (Å²) in [4.78, 5) is 37.6. The Bertz CT molecular complexity index is 1620. The van der Waals surface area contributed by atoms with Gasteiger partial charge in [-0.3, -0.25) is 9.59 Å². The molecule has 0 aromatic carbocycles. The molecule has 9 heteroatoms. The summed E-state index contributed by atoms with van der Waals surface area (Å²) in [6.07, 6.45) is 86.0. The molecular weight excluding hydrogens is 1050 g/mol. The first-order valence-corrected chi connectivity index (χ1v) is 36.1. The molecule has 2 atom stereocenters. The third-order valence-corrected chi connectivity index (χ3v) is 15.9. The van der Waals surface area contributed by atoms with Crippen molar-refractivity contribution in [3.05, 3.63) is 72.9 Å². The van der Waals surface area contributed by atoms with Gasteiger partial charge in [-0.2, -0.15) is 0 Å². The van der Waals surface area contributed by atoms with Gasteiger partial charge in [0.1, 0.15) is 13.2 Å². The van der Waals surface area contributed by atoms with Crippen LogP contribution in [0.4, 0.5) is 0 Å². The van der Waals surface area contributed by atoms with Crippen LogP contribution in [0.5, 0.6) is 0 Å². The molecule has 0 aromatic heterocycles. The van der Waals surface area contributed by atoms with Crippen molar-refractivity contribution in [3.63, 3.8) is 0 Å². The molecule has 9 nitrogen and oxygen atoms in total. The minimum atomic E-state index is -1.51. The lowest BCUT2D eigenvalue weighted by atomic mass is 10.0. The van der Waals surface area contributed by atoms with E-state index >= 15 is 0 Å². The number of carboxylic acids is 1. The second kappa shape index (κ2) is 66.7. The maximum absolute atomic E-state index is 13.0. The van der Waals surface area contributed by atoms with Gasteiger partial charge in [0.15, 0.2) is 6.10 Å². The lowest BCUT2D eigenvalue weighted by Crippen LogP contribution is -2.40. The Morgan fingerprint density at radius 2 is 0.671 bits per heavy atom. The third-order valence-electron chi connectivity index (χ3n) is 15.9. The van der Waals surface area contributed by atoms with Gasteiger partial charge in [0.05, 0.1) is 34.4 Å². The molecule has 0 saturated heterocycles. The number of ether oxygens (including phenoxy) is 4. The van der Waals surface area contributed by atoms with Gasteiger partial charge < -0.3 is 28.5 Å². The fourth-order valence-electron chi connectivity index (χ4n) is 10.5. The molecule has 0 aromatic rings. The van der Waals surface area contributed by atoms with E-state index in [0.29, 0.717) is 17.4 Å². The van der Waals surface area contributed by atoms with Gasteiger partial charge in [-0.15, -0.1) is 0 Å². The van der Waals surface area contributed by atoms with Gasteiger partial charge in [-0.25, -0.2) is 4.79 Å². The maximum atomic E-state index is 13.0. The van der Waals surface area contributed by atoms with Crippen molar-refractivity contribution >= 4 is 17.9 Å². The topological polar surface area (TPSA) is 108 Å². The summed E-state index contributed by atoms with van der Waals surface area (Å²) in [5, 5.41) is 9.75. The van der Waals surface area contributed by atoms with E-state index in [1.165, 1.54) is 238 Å². The fraction of sp³-hybridized carbons (Fsp3) is 0.803. The first-order valence-electron chi connectivity index (χ1n) is 36.1. The number of nitrogens with zero attached hydrogens (tertiary/aromatic N) is 1. The summed E-state index contributed by atoms with van der Waals surface area (Å²) in [5.41, 5.74) is 0. The fourth-order valence-corrected chi connectivity index (χ4v) is 10.5. The molecule has 0 spiro atoms. The van der Waals surface area contributed by atoms with E-state index in [0.717, 1.165) is 70.6 Å². The summed E-state index contributed by atoms with van der Waals surface area (Å²) in [7, 11) is 5.99. The summed E-state index contributed by atoms with van der Waals surface area (Å²) >= 11 is 0. The number of carboxylic acid groups (broad SMARTS) is 1. The molecule has 0 aliphatic carbocycles. The Hall–Kier alpha value is -3.27. The van der Waals surface area contributed by atoms with E-state index < -0.39 is 18.4 Å². The summed E-state index contributed by atoms with van der Waals surface area (Å²) in [6, 6.07) is 0. The van der Waals surface area contributed by atoms with E-state index in [2.05, 4.69) is 86.8 Å². The van der Waals surface area contributed by atoms with Crippen LogP contribution in [0.3, 0.4) is 0 Å². The standard InChI is InChI=1S/C76H137NO8/c1-6-8-10-12-14-16-18-20-22-24-26-28-30-32-33-34-35-36-37-38-39-40-41-43-45-47-49-51-53-55-57-59-61-63-65-67-74(79)85-72(71-84-76(75(80)81)82-69-68-77(3,4)5)70-83-73(78)66-64-62-60-58-56-54-52-50-48-46-44-42-31-29-27-25-23-21-19-17-15-13-11-9-7-2/h8,10,14,16,19-22,25-28,72,76H,6-7,9,11-13,15,17-18,23-24,29-71H2,1-5H3/p+1/b10-8-,16-14-,21-19-,22-20-,27-25-,28-26-. The van der Waals surface area contributed by atoms with Crippen LogP contribution >= 0.6 is 0 Å². The molecular formula is C76H138NO8+. The molecule has 0 aliphatic heterocycles. The van der Waals surface area contributed by atoms with Gasteiger partial charge in [0.2, 0.25) is 0 Å². The highest BCUT2D eigenvalue weighted by atomic mass is 16.7. The van der Waals surface area contributed by atoms with Crippen molar-refractivity contribution in [1.82, 2.24) is 0 Å². The SMILES string of the molecule is CC/C=C\C/C=C\C/C=C\C/C=C\CCCCCCCCCCCCCCCCCCCCCCCCC(=O)OC(COC(=O)CCCCCCCCCCCCCCC/C=C\C/C=C\CCCCCCC)COC(OCC[N+](C)(C)C)C(=O)O. The third kappa shape index (κ3) is 68.1. The molecule has 1 N–H and O–H groups in total. The summed E-state index contributed by atoms with van der Waals surface area (Å²) in [5.74, 6) is -1.99. The average Bonchev–Trinajstić information content (AvgIpc) is 3.48. The molecule has 85 heavy (non-hydrogen) atoms. The van der Waals surface area contributed by atoms with Crippen molar-refractivity contribution in [1.29, 1.82) is 0 Å². The van der Waals surface area contributed by atoms with Gasteiger partial charge in [0, 0.05) is 12.8 Å². The summed E-state index contributed by atoms with van der Waals surface area (Å²) < 4.78 is 23.0. The number of aliphatic carboxylic acids is 1. The Morgan fingerprint density at radius 1 is 0.365 bits per heavy atom. The monoisotopic (exact) mass is 1190 g/mol. The number of unbranched alkanes of at least 4 members (excludes halogenated alkanes) is 40. The molecule has 0 radical (unpaired) electrons. The highest BCUT2D eigenvalue weighted by molar-refractivity contribution is 5.71. The number of esters is 2. The minimum absolute atomic E-state index is 0.180. The zero-order valence-corrected chi connectivity index (χ0v) is 56.5. The molecule has 0 fully saturated rings. The Balaban J connectivity index is 4.04. The predicted molar refractivity (Wildman–Crippen MR) is 364 cm³/mol. The van der Waals surface area contributed by atoms with Crippen LogP contribution in [-0.4, -0.2) is 87.4 Å². The largest absolute Gasteiger partial charge is 0.477 e. The Labute approximate surface area is 526 Å². The zero-order valence-electron chi connectivity index (χ0n) is 56.5. The average molecular weight is 1190 g/mol. The molecule has 494 valence electrons. The molecule has 2 unspecified atom stereocenters. The number of rotatable bonds is 67. The highest BCUT2D eigenvalue weighted by Crippen LogP contribution is 2.18. The molecule has 0 heterocycles. The number of likely N-dealkylation sites (N-methyl/N-ethyl adjacent to an activating group) is 1. The first kappa shape index (κ1) is 81.7. The minimum Gasteiger partial charge on any atom is -0.477 e. The van der Waals surface area contributed by atoms with Crippen molar-refractivity contribution in [2.24, 2.45) is 0 Å². The number of carbonyl (C=O) groups is 3. The van der Waals surface area contributed by atoms with Crippen molar-refractivity contribution in [2.45, 2.75) is 347 Å². The molecule has 0 aliphatic rings. The Morgan fingerprint density at radius 3 is 1.00 bits per heavy atom. The lowest BCUT2D eigenvalue weighted by molar-refractivity contribution is -0.870. The number of hydrogen-bond donors (Lipinski definition) is 1.